The second kappa shape index (κ2) is 5.67. The van der Waals surface area contributed by atoms with Gasteiger partial charge < -0.3 is 4.74 Å². The van der Waals surface area contributed by atoms with E-state index >= 15 is 0 Å². The van der Waals surface area contributed by atoms with Crippen LogP contribution in [-0.2, 0) is 10.9 Å². The van der Waals surface area contributed by atoms with Crippen LogP contribution in [0, 0.1) is 6.92 Å². The van der Waals surface area contributed by atoms with E-state index in [9.17, 15) is 18.0 Å². The van der Waals surface area contributed by atoms with Gasteiger partial charge in [-0.25, -0.2) is 4.79 Å². The van der Waals surface area contributed by atoms with Gasteiger partial charge >= 0.3 is 12.1 Å². The predicted molar refractivity (Wildman–Crippen MR) is 82.6 cm³/mol. The van der Waals surface area contributed by atoms with Gasteiger partial charge in [0, 0.05) is 5.39 Å². The molecule has 0 atom stereocenters. The number of aromatic amines is 1. The Morgan fingerprint density at radius 3 is 2.54 bits per heavy atom. The molecule has 7 heteroatoms. The van der Waals surface area contributed by atoms with Crippen molar-refractivity contribution in [1.82, 2.24) is 10.2 Å². The Balaban J connectivity index is 2.22. The summed E-state index contributed by atoms with van der Waals surface area (Å²) in [6.07, 6.45) is -2.98. The highest BCUT2D eigenvalue weighted by atomic mass is 19.4. The number of methoxy groups -OCH3 is 1. The summed E-state index contributed by atoms with van der Waals surface area (Å²) < 4.78 is 44.1. The van der Waals surface area contributed by atoms with Crippen molar-refractivity contribution in [2.45, 2.75) is 13.1 Å². The summed E-state index contributed by atoms with van der Waals surface area (Å²) in [6, 6.07) is 6.86. The summed E-state index contributed by atoms with van der Waals surface area (Å²) in [6.45, 7) is 1.73. The molecular weight excluding hydrogens is 321 g/mol. The number of nitrogens with zero attached hydrogens (tertiary/aromatic N) is 1. The van der Waals surface area contributed by atoms with Crippen molar-refractivity contribution in [2.75, 3.05) is 7.11 Å². The molecule has 24 heavy (non-hydrogen) atoms. The normalized spacial score (nSPS) is 11.7. The van der Waals surface area contributed by atoms with Crippen LogP contribution >= 0.6 is 0 Å². The van der Waals surface area contributed by atoms with Gasteiger partial charge in [-0.15, -0.1) is 0 Å². The van der Waals surface area contributed by atoms with Gasteiger partial charge in [-0.05, 0) is 47.9 Å². The van der Waals surface area contributed by atoms with E-state index in [0.29, 0.717) is 33.2 Å². The largest absolute Gasteiger partial charge is 0.465 e. The maximum Gasteiger partial charge on any atom is 0.416 e. The van der Waals surface area contributed by atoms with E-state index < -0.39 is 17.7 Å². The monoisotopic (exact) mass is 334 g/mol. The second-order valence-corrected chi connectivity index (χ2v) is 5.37. The van der Waals surface area contributed by atoms with Gasteiger partial charge in [0.25, 0.3) is 0 Å². The van der Waals surface area contributed by atoms with E-state index in [0.717, 1.165) is 12.1 Å². The van der Waals surface area contributed by atoms with Crippen LogP contribution in [0.1, 0.15) is 21.5 Å². The summed E-state index contributed by atoms with van der Waals surface area (Å²) in [5.41, 5.74) is 1.55. The molecule has 3 rings (SSSR count). The highest BCUT2D eigenvalue weighted by Crippen LogP contribution is 2.37. The van der Waals surface area contributed by atoms with Crippen LogP contribution in [-0.4, -0.2) is 23.3 Å². The zero-order valence-electron chi connectivity index (χ0n) is 12.9. The minimum Gasteiger partial charge on any atom is -0.465 e. The number of hydrogen-bond acceptors (Lipinski definition) is 3. The standard InChI is InChI=1S/C17H13F3N2O2/c1-9-5-10(16(23)24-2)3-4-12(9)13-6-11(17(18,19)20)7-15-14(13)8-21-22-15/h3-8H,1-2H3,(H,21,22). The molecule has 124 valence electrons. The van der Waals surface area contributed by atoms with Crippen LogP contribution in [0.25, 0.3) is 22.0 Å². The van der Waals surface area contributed by atoms with Gasteiger partial charge in [-0.2, -0.15) is 18.3 Å². The fraction of sp³-hybridized carbons (Fsp3) is 0.176. The maximum absolute atomic E-state index is 13.1. The Labute approximate surface area is 135 Å². The summed E-state index contributed by atoms with van der Waals surface area (Å²) in [7, 11) is 1.27. The second-order valence-electron chi connectivity index (χ2n) is 5.37. The van der Waals surface area contributed by atoms with E-state index in [1.807, 2.05) is 0 Å². The lowest BCUT2D eigenvalue weighted by Gasteiger charge is -2.13. The first-order valence-electron chi connectivity index (χ1n) is 7.05. The molecule has 1 heterocycles. The molecule has 4 nitrogen and oxygen atoms in total. The van der Waals surface area contributed by atoms with Crippen LogP contribution in [0.2, 0.25) is 0 Å². The first-order chi connectivity index (χ1) is 11.3. The Kier molecular flexibility index (Phi) is 3.79. The minimum absolute atomic E-state index is 0.302. The van der Waals surface area contributed by atoms with Crippen molar-refractivity contribution in [2.24, 2.45) is 0 Å². The summed E-state index contributed by atoms with van der Waals surface area (Å²) in [4.78, 5) is 11.6. The fourth-order valence-electron chi connectivity index (χ4n) is 2.65. The molecule has 0 fully saturated rings. The molecule has 0 bridgehead atoms. The zero-order chi connectivity index (χ0) is 17.5. The topological polar surface area (TPSA) is 55.0 Å². The molecular formula is C17H13F3N2O2. The Morgan fingerprint density at radius 1 is 1.17 bits per heavy atom. The number of benzene rings is 2. The number of aromatic nitrogens is 2. The number of ether oxygens (including phenoxy) is 1. The number of esters is 1. The van der Waals surface area contributed by atoms with Crippen molar-refractivity contribution < 1.29 is 22.7 Å². The first-order valence-corrected chi connectivity index (χ1v) is 7.05. The molecule has 3 aromatic rings. The van der Waals surface area contributed by atoms with Gasteiger partial charge in [0.2, 0.25) is 0 Å². The fourth-order valence-corrected chi connectivity index (χ4v) is 2.65. The highest BCUT2D eigenvalue weighted by Gasteiger charge is 2.32. The van der Waals surface area contributed by atoms with Crippen LogP contribution in [0.4, 0.5) is 13.2 Å². The molecule has 0 aliphatic rings. The van der Waals surface area contributed by atoms with Gasteiger partial charge in [0.1, 0.15) is 0 Å². The summed E-state index contributed by atoms with van der Waals surface area (Å²) >= 11 is 0. The number of nitrogens with one attached hydrogen (secondary N) is 1. The van der Waals surface area contributed by atoms with Crippen molar-refractivity contribution in [1.29, 1.82) is 0 Å². The zero-order valence-corrected chi connectivity index (χ0v) is 12.9. The van der Waals surface area contributed by atoms with Crippen LogP contribution < -0.4 is 0 Å². The molecule has 0 spiro atoms. The third-order valence-corrected chi connectivity index (χ3v) is 3.82. The Bertz CT molecular complexity index is 929. The number of carbonyl (C=O) groups is 1. The third-order valence-electron chi connectivity index (χ3n) is 3.82. The van der Waals surface area contributed by atoms with E-state index in [4.69, 9.17) is 0 Å². The quantitative estimate of drug-likeness (QED) is 0.709. The van der Waals surface area contributed by atoms with Gasteiger partial charge in [0.05, 0.1) is 30.0 Å². The molecule has 0 amide bonds. The van der Waals surface area contributed by atoms with Crippen molar-refractivity contribution in [3.63, 3.8) is 0 Å². The number of rotatable bonds is 2. The molecule has 0 saturated carbocycles. The Hall–Kier alpha value is -2.83. The number of alkyl halides is 3. The van der Waals surface area contributed by atoms with E-state index in [-0.39, 0.29) is 0 Å². The SMILES string of the molecule is COC(=O)c1ccc(-c2cc(C(F)(F)F)cc3[nH]ncc23)c(C)c1. The number of H-pyrrole nitrogens is 1. The van der Waals surface area contributed by atoms with Crippen LogP contribution in [0.15, 0.2) is 36.5 Å². The van der Waals surface area contributed by atoms with Crippen LogP contribution in [0.5, 0.6) is 0 Å². The molecule has 1 aromatic heterocycles. The predicted octanol–water partition coefficient (Wildman–Crippen LogP) is 4.34. The molecule has 0 aliphatic carbocycles. The molecule has 0 saturated heterocycles. The first kappa shape index (κ1) is 16.0. The van der Waals surface area contributed by atoms with Crippen molar-refractivity contribution in [3.8, 4) is 11.1 Å². The summed E-state index contributed by atoms with van der Waals surface area (Å²) in [5.74, 6) is -0.498. The molecule has 1 N–H and O–H groups in total. The lowest BCUT2D eigenvalue weighted by molar-refractivity contribution is -0.137. The van der Waals surface area contributed by atoms with E-state index in [1.165, 1.54) is 19.4 Å². The van der Waals surface area contributed by atoms with Crippen molar-refractivity contribution >= 4 is 16.9 Å². The highest BCUT2D eigenvalue weighted by molar-refractivity contribution is 5.97. The van der Waals surface area contributed by atoms with E-state index in [2.05, 4.69) is 14.9 Å². The number of aryl methyl sites for hydroxylation is 1. The molecule has 0 aliphatic heterocycles. The minimum atomic E-state index is -4.46. The number of fused-ring (bicyclic) bond motifs is 1. The third kappa shape index (κ3) is 2.73. The van der Waals surface area contributed by atoms with Crippen LogP contribution in [0.3, 0.4) is 0 Å². The smallest absolute Gasteiger partial charge is 0.416 e. The average Bonchev–Trinajstić information content (AvgIpc) is 3.01. The molecule has 2 aromatic carbocycles. The Morgan fingerprint density at radius 2 is 1.92 bits per heavy atom. The van der Waals surface area contributed by atoms with Gasteiger partial charge in [0.15, 0.2) is 0 Å². The van der Waals surface area contributed by atoms with Crippen molar-refractivity contribution in [3.05, 3.63) is 53.2 Å². The lowest BCUT2D eigenvalue weighted by atomic mass is 9.94. The van der Waals surface area contributed by atoms with Gasteiger partial charge in [-0.3, -0.25) is 5.10 Å². The van der Waals surface area contributed by atoms with E-state index in [1.54, 1.807) is 19.1 Å². The number of hydrogen-bond donors (Lipinski definition) is 1. The summed E-state index contributed by atoms with van der Waals surface area (Å²) in [5, 5.41) is 6.99. The maximum atomic E-state index is 13.1. The molecule has 0 radical (unpaired) electrons. The number of carbonyl (C=O) groups excluding carboxylic acids is 1. The average molecular weight is 334 g/mol. The number of halogens is 3. The van der Waals surface area contributed by atoms with Gasteiger partial charge in [-0.1, -0.05) is 6.07 Å². The lowest BCUT2D eigenvalue weighted by Crippen LogP contribution is -2.05. The molecule has 0 unspecified atom stereocenters.